The zero-order chi connectivity index (χ0) is 7.40. The standard InChI is InChI=1S/C8H8FN/c1-2-10-8-5-3-4-7(9)6-8/h2-6H,1H3/b10-2-. The Morgan fingerprint density at radius 2 is 2.30 bits per heavy atom. The maximum atomic E-state index is 12.4. The SMILES string of the molecule is C/C=N\c1cccc(F)c1. The van der Waals surface area contributed by atoms with Crippen molar-refractivity contribution in [1.82, 2.24) is 0 Å². The highest BCUT2D eigenvalue weighted by Gasteiger charge is 1.88. The molecule has 0 radical (unpaired) electrons. The summed E-state index contributed by atoms with van der Waals surface area (Å²) in [5.74, 6) is -0.247. The Bertz CT molecular complexity index is 243. The molecule has 1 aromatic rings. The number of hydrogen-bond donors (Lipinski definition) is 0. The summed E-state index contributed by atoms with van der Waals surface area (Å²) in [6.07, 6.45) is 1.63. The van der Waals surface area contributed by atoms with Crippen molar-refractivity contribution in [1.29, 1.82) is 0 Å². The molecule has 0 amide bonds. The van der Waals surface area contributed by atoms with Gasteiger partial charge in [0.15, 0.2) is 0 Å². The number of hydrogen-bond acceptors (Lipinski definition) is 1. The second-order valence-corrected chi connectivity index (χ2v) is 1.87. The van der Waals surface area contributed by atoms with Gasteiger partial charge in [0.2, 0.25) is 0 Å². The molecular formula is C8H8FN. The van der Waals surface area contributed by atoms with Crippen LogP contribution in [0.4, 0.5) is 10.1 Å². The Kier molecular flexibility index (Phi) is 2.15. The number of halogens is 1. The van der Waals surface area contributed by atoms with Crippen molar-refractivity contribution in [2.24, 2.45) is 4.99 Å². The monoisotopic (exact) mass is 137 g/mol. The Balaban J connectivity index is 2.95. The second-order valence-electron chi connectivity index (χ2n) is 1.87. The molecule has 0 N–H and O–H groups in total. The minimum atomic E-state index is -0.247. The van der Waals surface area contributed by atoms with E-state index in [0.717, 1.165) is 0 Å². The molecule has 0 aliphatic carbocycles. The molecule has 0 spiro atoms. The first-order chi connectivity index (χ1) is 4.83. The summed E-state index contributed by atoms with van der Waals surface area (Å²) in [7, 11) is 0. The molecule has 52 valence electrons. The molecule has 0 aliphatic heterocycles. The summed E-state index contributed by atoms with van der Waals surface area (Å²) >= 11 is 0. The predicted octanol–water partition coefficient (Wildman–Crippen LogP) is 2.55. The van der Waals surface area contributed by atoms with Crippen LogP contribution in [0.1, 0.15) is 6.92 Å². The van der Waals surface area contributed by atoms with Gasteiger partial charge in [-0.25, -0.2) is 4.39 Å². The van der Waals surface area contributed by atoms with Gasteiger partial charge in [0, 0.05) is 6.21 Å². The third kappa shape index (κ3) is 1.65. The first kappa shape index (κ1) is 6.93. The highest BCUT2D eigenvalue weighted by atomic mass is 19.1. The average Bonchev–Trinajstić information content (AvgIpc) is 1.88. The average molecular weight is 137 g/mol. The third-order valence-corrected chi connectivity index (χ3v) is 1.09. The molecule has 2 heteroatoms. The van der Waals surface area contributed by atoms with Crippen LogP contribution in [-0.4, -0.2) is 6.21 Å². The van der Waals surface area contributed by atoms with E-state index in [1.165, 1.54) is 12.1 Å². The van der Waals surface area contributed by atoms with Gasteiger partial charge in [-0.3, -0.25) is 4.99 Å². The quantitative estimate of drug-likeness (QED) is 0.527. The van der Waals surface area contributed by atoms with Crippen molar-refractivity contribution >= 4 is 11.9 Å². The molecule has 1 nitrogen and oxygen atoms in total. The molecule has 0 aliphatic rings. The third-order valence-electron chi connectivity index (χ3n) is 1.09. The minimum absolute atomic E-state index is 0.247. The van der Waals surface area contributed by atoms with E-state index < -0.39 is 0 Å². The lowest BCUT2D eigenvalue weighted by molar-refractivity contribution is 0.628. The lowest BCUT2D eigenvalue weighted by Gasteiger charge is -1.90. The Morgan fingerprint density at radius 1 is 1.50 bits per heavy atom. The van der Waals surface area contributed by atoms with Gasteiger partial charge in [-0.1, -0.05) is 6.07 Å². The summed E-state index contributed by atoms with van der Waals surface area (Å²) in [5.41, 5.74) is 0.655. The summed E-state index contributed by atoms with van der Waals surface area (Å²) in [4.78, 5) is 3.90. The topological polar surface area (TPSA) is 12.4 Å². The molecule has 0 saturated heterocycles. The normalized spacial score (nSPS) is 10.6. The maximum absolute atomic E-state index is 12.4. The van der Waals surface area contributed by atoms with Crippen molar-refractivity contribution in [2.75, 3.05) is 0 Å². The summed E-state index contributed by atoms with van der Waals surface area (Å²) < 4.78 is 12.4. The fourth-order valence-electron chi connectivity index (χ4n) is 0.705. The van der Waals surface area contributed by atoms with Crippen molar-refractivity contribution in [3.05, 3.63) is 30.1 Å². The molecule has 0 atom stereocenters. The first-order valence-electron chi connectivity index (χ1n) is 3.07. The van der Waals surface area contributed by atoms with Crippen molar-refractivity contribution < 1.29 is 4.39 Å². The highest BCUT2D eigenvalue weighted by molar-refractivity contribution is 5.60. The fraction of sp³-hybridized carbons (Fsp3) is 0.125. The van der Waals surface area contributed by atoms with Crippen LogP contribution in [0.2, 0.25) is 0 Å². The Hall–Kier alpha value is -1.18. The van der Waals surface area contributed by atoms with Crippen LogP contribution < -0.4 is 0 Å². The first-order valence-corrected chi connectivity index (χ1v) is 3.07. The van der Waals surface area contributed by atoms with E-state index in [1.807, 2.05) is 0 Å². The van der Waals surface area contributed by atoms with Gasteiger partial charge >= 0.3 is 0 Å². The van der Waals surface area contributed by atoms with Gasteiger partial charge in [-0.05, 0) is 25.1 Å². The molecular weight excluding hydrogens is 129 g/mol. The van der Waals surface area contributed by atoms with Crippen LogP contribution in [0.25, 0.3) is 0 Å². The smallest absolute Gasteiger partial charge is 0.125 e. The van der Waals surface area contributed by atoms with Gasteiger partial charge in [-0.15, -0.1) is 0 Å². The van der Waals surface area contributed by atoms with Gasteiger partial charge < -0.3 is 0 Å². The van der Waals surface area contributed by atoms with Gasteiger partial charge in [0.05, 0.1) is 5.69 Å². The van der Waals surface area contributed by atoms with Crippen LogP contribution >= 0.6 is 0 Å². The lowest BCUT2D eigenvalue weighted by atomic mass is 10.3. The van der Waals surface area contributed by atoms with E-state index in [4.69, 9.17) is 0 Å². The van der Waals surface area contributed by atoms with Crippen molar-refractivity contribution in [3.8, 4) is 0 Å². The van der Waals surface area contributed by atoms with Crippen LogP contribution in [0.5, 0.6) is 0 Å². The molecule has 0 fully saturated rings. The van der Waals surface area contributed by atoms with Crippen LogP contribution in [-0.2, 0) is 0 Å². The minimum Gasteiger partial charge on any atom is -0.261 e. The summed E-state index contributed by atoms with van der Waals surface area (Å²) in [6, 6.07) is 6.18. The number of nitrogens with zero attached hydrogens (tertiary/aromatic N) is 1. The zero-order valence-corrected chi connectivity index (χ0v) is 5.71. The fourth-order valence-corrected chi connectivity index (χ4v) is 0.705. The van der Waals surface area contributed by atoms with Crippen molar-refractivity contribution in [2.45, 2.75) is 6.92 Å². The summed E-state index contributed by atoms with van der Waals surface area (Å²) in [6.45, 7) is 1.80. The van der Waals surface area contributed by atoms with E-state index in [2.05, 4.69) is 4.99 Å². The molecule has 0 bridgehead atoms. The van der Waals surface area contributed by atoms with Gasteiger partial charge in [0.25, 0.3) is 0 Å². The van der Waals surface area contributed by atoms with Crippen molar-refractivity contribution in [3.63, 3.8) is 0 Å². The Labute approximate surface area is 59.2 Å². The lowest BCUT2D eigenvalue weighted by Crippen LogP contribution is -1.70. The van der Waals surface area contributed by atoms with E-state index in [1.54, 1.807) is 25.3 Å². The van der Waals surface area contributed by atoms with Crippen LogP contribution in [0.3, 0.4) is 0 Å². The van der Waals surface area contributed by atoms with Crippen LogP contribution in [0.15, 0.2) is 29.3 Å². The molecule has 1 aromatic carbocycles. The molecule has 0 unspecified atom stereocenters. The number of rotatable bonds is 1. The molecule has 0 saturated carbocycles. The number of benzene rings is 1. The largest absolute Gasteiger partial charge is 0.261 e. The van der Waals surface area contributed by atoms with Gasteiger partial charge in [0.1, 0.15) is 5.82 Å². The Morgan fingerprint density at radius 3 is 2.90 bits per heavy atom. The molecule has 0 heterocycles. The van der Waals surface area contributed by atoms with E-state index in [-0.39, 0.29) is 5.82 Å². The molecule has 0 aromatic heterocycles. The predicted molar refractivity (Wildman–Crippen MR) is 40.2 cm³/mol. The van der Waals surface area contributed by atoms with Crippen LogP contribution in [0, 0.1) is 5.82 Å². The van der Waals surface area contributed by atoms with E-state index in [9.17, 15) is 4.39 Å². The zero-order valence-electron chi connectivity index (χ0n) is 5.71. The maximum Gasteiger partial charge on any atom is 0.125 e. The van der Waals surface area contributed by atoms with E-state index in [0.29, 0.717) is 5.69 Å². The summed E-state index contributed by atoms with van der Waals surface area (Å²) in [5, 5.41) is 0. The van der Waals surface area contributed by atoms with Gasteiger partial charge in [-0.2, -0.15) is 0 Å². The highest BCUT2D eigenvalue weighted by Crippen LogP contribution is 2.11. The number of aliphatic imine (C=N–C) groups is 1. The second kappa shape index (κ2) is 3.11. The van der Waals surface area contributed by atoms with E-state index >= 15 is 0 Å². The molecule has 10 heavy (non-hydrogen) atoms. The molecule has 1 rings (SSSR count).